The van der Waals surface area contributed by atoms with Gasteiger partial charge in [0, 0.05) is 31.2 Å². The van der Waals surface area contributed by atoms with Gasteiger partial charge in [0.2, 0.25) is 0 Å². The van der Waals surface area contributed by atoms with Gasteiger partial charge in [0.05, 0.1) is 0 Å². The Morgan fingerprint density at radius 2 is 1.83 bits per heavy atom. The predicted molar refractivity (Wildman–Crippen MR) is 94.0 cm³/mol. The lowest BCUT2D eigenvalue weighted by atomic mass is 9.88. The van der Waals surface area contributed by atoms with Crippen molar-refractivity contribution in [1.82, 2.24) is 10.2 Å². The molecular weight excluding hydrogens is 284 g/mol. The Balaban J connectivity index is 1.52. The Labute approximate surface area is 140 Å². The first kappa shape index (κ1) is 15.5. The third-order valence-electron chi connectivity index (χ3n) is 6.15. The van der Waals surface area contributed by atoms with Gasteiger partial charge in [-0.3, -0.25) is 4.90 Å². The summed E-state index contributed by atoms with van der Waals surface area (Å²) in [5, 5.41) is 3.74. The molecule has 4 rings (SSSR count). The fourth-order valence-corrected chi connectivity index (χ4v) is 4.98. The Morgan fingerprint density at radius 3 is 2.74 bits per heavy atom. The van der Waals surface area contributed by atoms with E-state index in [0.29, 0.717) is 12.1 Å². The van der Waals surface area contributed by atoms with Crippen LogP contribution >= 0.6 is 0 Å². The van der Waals surface area contributed by atoms with Crippen LogP contribution in [-0.2, 0) is 0 Å². The summed E-state index contributed by atoms with van der Waals surface area (Å²) in [6.07, 6.45) is 9.66. The highest BCUT2D eigenvalue weighted by atomic mass is 16.5. The molecule has 2 aliphatic carbocycles. The molecule has 126 valence electrons. The molecule has 1 aliphatic heterocycles. The van der Waals surface area contributed by atoms with Crippen LogP contribution < -0.4 is 10.1 Å². The summed E-state index contributed by atoms with van der Waals surface area (Å²) >= 11 is 0. The lowest BCUT2D eigenvalue weighted by Crippen LogP contribution is -2.62. The van der Waals surface area contributed by atoms with Crippen molar-refractivity contribution in [3.8, 4) is 5.75 Å². The van der Waals surface area contributed by atoms with Gasteiger partial charge >= 0.3 is 0 Å². The molecule has 3 fully saturated rings. The van der Waals surface area contributed by atoms with Crippen LogP contribution in [-0.4, -0.2) is 42.2 Å². The van der Waals surface area contributed by atoms with Crippen LogP contribution in [0.15, 0.2) is 24.3 Å². The zero-order valence-electron chi connectivity index (χ0n) is 14.3. The van der Waals surface area contributed by atoms with Gasteiger partial charge in [0.1, 0.15) is 11.9 Å². The number of hydrogen-bond acceptors (Lipinski definition) is 3. The molecule has 4 atom stereocenters. The van der Waals surface area contributed by atoms with Gasteiger partial charge in [-0.15, -0.1) is 0 Å². The maximum atomic E-state index is 6.54. The largest absolute Gasteiger partial charge is 0.489 e. The number of hydrogen-bond donors (Lipinski definition) is 1. The summed E-state index contributed by atoms with van der Waals surface area (Å²) < 4.78 is 6.54. The van der Waals surface area contributed by atoms with E-state index >= 15 is 0 Å². The molecule has 23 heavy (non-hydrogen) atoms. The second kappa shape index (κ2) is 6.82. The smallest absolute Gasteiger partial charge is 0.122 e. The highest BCUT2D eigenvalue weighted by Crippen LogP contribution is 2.34. The SMILES string of the molecule is Cc1ccccc1O[C@H]1CCCC[C@@H]1N1CCN[C@@H]2CCC[C@@H]21. The monoisotopic (exact) mass is 314 g/mol. The van der Waals surface area contributed by atoms with E-state index in [9.17, 15) is 0 Å². The molecule has 0 bridgehead atoms. The van der Waals surface area contributed by atoms with Crippen LogP contribution in [0.2, 0.25) is 0 Å². The Bertz CT molecular complexity index is 532. The number of fused-ring (bicyclic) bond motifs is 1. The van der Waals surface area contributed by atoms with E-state index in [4.69, 9.17) is 4.74 Å². The number of rotatable bonds is 3. The minimum Gasteiger partial charge on any atom is -0.489 e. The minimum atomic E-state index is 0.365. The third-order valence-corrected chi connectivity index (χ3v) is 6.15. The van der Waals surface area contributed by atoms with Gasteiger partial charge in [-0.25, -0.2) is 0 Å². The van der Waals surface area contributed by atoms with Crippen molar-refractivity contribution in [1.29, 1.82) is 0 Å². The molecule has 3 aliphatic rings. The van der Waals surface area contributed by atoms with Crippen LogP contribution in [0.5, 0.6) is 5.75 Å². The maximum Gasteiger partial charge on any atom is 0.122 e. The summed E-state index contributed by atoms with van der Waals surface area (Å²) in [5.74, 6) is 1.09. The minimum absolute atomic E-state index is 0.365. The molecule has 0 spiro atoms. The number of piperazine rings is 1. The number of ether oxygens (including phenoxy) is 1. The molecule has 3 heteroatoms. The van der Waals surface area contributed by atoms with Crippen LogP contribution in [0.4, 0.5) is 0 Å². The van der Waals surface area contributed by atoms with E-state index in [2.05, 4.69) is 41.4 Å². The van der Waals surface area contributed by atoms with Gasteiger partial charge in [-0.05, 0) is 50.7 Å². The quantitative estimate of drug-likeness (QED) is 0.924. The van der Waals surface area contributed by atoms with E-state index in [1.54, 1.807) is 0 Å². The molecule has 1 aromatic carbocycles. The fraction of sp³-hybridized carbons (Fsp3) is 0.700. The number of para-hydroxylation sites is 1. The highest BCUT2D eigenvalue weighted by Gasteiger charge is 2.41. The normalized spacial score (nSPS) is 35.0. The Hall–Kier alpha value is -1.06. The molecular formula is C20H30N2O. The van der Waals surface area contributed by atoms with Crippen molar-refractivity contribution in [2.45, 2.75) is 76.1 Å². The molecule has 1 aromatic rings. The van der Waals surface area contributed by atoms with E-state index in [1.807, 2.05) is 0 Å². The van der Waals surface area contributed by atoms with E-state index in [1.165, 1.54) is 57.1 Å². The molecule has 1 heterocycles. The Morgan fingerprint density at radius 1 is 1.00 bits per heavy atom. The number of aryl methyl sites for hydroxylation is 1. The second-order valence-electron chi connectivity index (χ2n) is 7.57. The molecule has 1 N–H and O–H groups in total. The standard InChI is InChI=1S/C20H30N2O/c1-15-7-2-4-11-19(15)23-20-12-5-3-9-18(20)22-14-13-21-16-8-6-10-17(16)22/h2,4,7,11,16-18,20-21H,3,5-6,8-10,12-14H2,1H3/t16-,17+,18+,20+/m1/s1. The summed E-state index contributed by atoms with van der Waals surface area (Å²) in [5.41, 5.74) is 1.26. The molecule has 0 radical (unpaired) electrons. The first-order valence-corrected chi connectivity index (χ1v) is 9.54. The number of benzene rings is 1. The summed E-state index contributed by atoms with van der Waals surface area (Å²) in [7, 11) is 0. The van der Waals surface area contributed by atoms with Gasteiger partial charge in [0.15, 0.2) is 0 Å². The zero-order valence-corrected chi connectivity index (χ0v) is 14.3. The molecule has 3 nitrogen and oxygen atoms in total. The molecule has 0 amide bonds. The molecule has 0 unspecified atom stereocenters. The van der Waals surface area contributed by atoms with Gasteiger partial charge < -0.3 is 10.1 Å². The fourth-order valence-electron chi connectivity index (χ4n) is 4.98. The third kappa shape index (κ3) is 3.14. The second-order valence-corrected chi connectivity index (χ2v) is 7.57. The highest BCUT2D eigenvalue weighted by molar-refractivity contribution is 5.32. The van der Waals surface area contributed by atoms with Crippen molar-refractivity contribution >= 4 is 0 Å². The van der Waals surface area contributed by atoms with Crippen molar-refractivity contribution in [3.05, 3.63) is 29.8 Å². The first-order valence-electron chi connectivity index (χ1n) is 9.54. The lowest BCUT2D eigenvalue weighted by molar-refractivity contribution is -0.00517. The average molecular weight is 314 g/mol. The van der Waals surface area contributed by atoms with E-state index < -0.39 is 0 Å². The lowest BCUT2D eigenvalue weighted by Gasteiger charge is -2.47. The molecule has 0 aromatic heterocycles. The maximum absolute atomic E-state index is 6.54. The van der Waals surface area contributed by atoms with E-state index in [-0.39, 0.29) is 0 Å². The summed E-state index contributed by atoms with van der Waals surface area (Å²) in [6.45, 7) is 4.50. The van der Waals surface area contributed by atoms with Crippen molar-refractivity contribution in [2.75, 3.05) is 13.1 Å². The molecule has 2 saturated carbocycles. The van der Waals surface area contributed by atoms with E-state index in [0.717, 1.165) is 24.4 Å². The number of nitrogens with one attached hydrogen (secondary N) is 1. The van der Waals surface area contributed by atoms with Crippen LogP contribution in [0.25, 0.3) is 0 Å². The number of nitrogens with zero attached hydrogens (tertiary/aromatic N) is 1. The first-order chi connectivity index (χ1) is 11.3. The average Bonchev–Trinajstić information content (AvgIpc) is 3.06. The van der Waals surface area contributed by atoms with Gasteiger partial charge in [0.25, 0.3) is 0 Å². The topological polar surface area (TPSA) is 24.5 Å². The summed E-state index contributed by atoms with van der Waals surface area (Å²) in [6, 6.07) is 10.6. The predicted octanol–water partition coefficient (Wildman–Crippen LogP) is 3.51. The van der Waals surface area contributed by atoms with Crippen molar-refractivity contribution in [3.63, 3.8) is 0 Å². The van der Waals surface area contributed by atoms with Crippen molar-refractivity contribution in [2.24, 2.45) is 0 Å². The van der Waals surface area contributed by atoms with Crippen LogP contribution in [0, 0.1) is 6.92 Å². The van der Waals surface area contributed by atoms with Crippen LogP contribution in [0.3, 0.4) is 0 Å². The molecule has 1 saturated heterocycles. The van der Waals surface area contributed by atoms with Gasteiger partial charge in [-0.2, -0.15) is 0 Å². The van der Waals surface area contributed by atoms with Crippen LogP contribution in [0.1, 0.15) is 50.5 Å². The zero-order chi connectivity index (χ0) is 15.6. The van der Waals surface area contributed by atoms with Gasteiger partial charge in [-0.1, -0.05) is 31.0 Å². The summed E-state index contributed by atoms with van der Waals surface area (Å²) in [4.78, 5) is 2.82. The van der Waals surface area contributed by atoms with Crippen molar-refractivity contribution < 1.29 is 4.74 Å². The Kier molecular flexibility index (Phi) is 4.59.